The summed E-state index contributed by atoms with van der Waals surface area (Å²) in [5.74, 6) is 1.17. The van der Waals surface area contributed by atoms with E-state index in [1.165, 1.54) is 22.3 Å². The maximum atomic E-state index is 6.07. The molecule has 0 fully saturated rings. The van der Waals surface area contributed by atoms with Crippen LogP contribution < -0.4 is 0 Å². The van der Waals surface area contributed by atoms with Gasteiger partial charge in [0, 0.05) is 5.88 Å². The van der Waals surface area contributed by atoms with Crippen LogP contribution in [-0.2, 0) is 11.3 Å². The molecular formula is C15H23Cl. The molecule has 0 heterocycles. The Bertz CT molecular complexity index is 370. The summed E-state index contributed by atoms with van der Waals surface area (Å²) in [6.07, 6.45) is 0. The fourth-order valence-corrected chi connectivity index (χ4v) is 2.42. The zero-order chi connectivity index (χ0) is 12.5. The van der Waals surface area contributed by atoms with Crippen molar-refractivity contribution in [2.24, 2.45) is 0 Å². The second kappa shape index (κ2) is 4.79. The molecule has 0 atom stereocenters. The van der Waals surface area contributed by atoms with E-state index in [2.05, 4.69) is 53.7 Å². The fraction of sp³-hybridized carbons (Fsp3) is 0.600. The Labute approximate surface area is 105 Å². The second-order valence-electron chi connectivity index (χ2n) is 5.90. The van der Waals surface area contributed by atoms with Gasteiger partial charge in [-0.2, -0.15) is 0 Å². The third kappa shape index (κ3) is 2.79. The summed E-state index contributed by atoms with van der Waals surface area (Å²) in [7, 11) is 0. The number of hydrogen-bond donors (Lipinski definition) is 0. The molecule has 1 heteroatoms. The van der Waals surface area contributed by atoms with Crippen LogP contribution in [0, 0.1) is 6.92 Å². The Balaban J connectivity index is 3.38. The molecule has 0 radical (unpaired) electrons. The largest absolute Gasteiger partial charge is 0.122 e. The number of hydrogen-bond acceptors (Lipinski definition) is 0. The quantitative estimate of drug-likeness (QED) is 0.625. The zero-order valence-electron chi connectivity index (χ0n) is 11.3. The van der Waals surface area contributed by atoms with Crippen LogP contribution in [0.2, 0.25) is 0 Å². The summed E-state index contributed by atoms with van der Waals surface area (Å²) in [5, 5.41) is 0. The first-order valence-electron chi connectivity index (χ1n) is 5.97. The van der Waals surface area contributed by atoms with Gasteiger partial charge in [0.25, 0.3) is 0 Å². The Morgan fingerprint density at radius 3 is 2.12 bits per heavy atom. The molecule has 0 nitrogen and oxygen atoms in total. The molecule has 0 aliphatic rings. The predicted octanol–water partition coefficient (Wildman–Crippen LogP) is 5.15. The zero-order valence-corrected chi connectivity index (χ0v) is 12.1. The highest BCUT2D eigenvalue weighted by Crippen LogP contribution is 2.31. The topological polar surface area (TPSA) is 0 Å². The minimum atomic E-state index is 0.171. The van der Waals surface area contributed by atoms with Gasteiger partial charge in [0.15, 0.2) is 0 Å². The molecule has 0 amide bonds. The average Bonchev–Trinajstić information content (AvgIpc) is 2.15. The van der Waals surface area contributed by atoms with Crippen molar-refractivity contribution in [1.29, 1.82) is 0 Å². The van der Waals surface area contributed by atoms with Gasteiger partial charge >= 0.3 is 0 Å². The van der Waals surface area contributed by atoms with E-state index in [0.29, 0.717) is 11.8 Å². The Morgan fingerprint density at radius 2 is 1.75 bits per heavy atom. The molecule has 1 rings (SSSR count). The molecule has 1 aromatic carbocycles. The van der Waals surface area contributed by atoms with Crippen molar-refractivity contribution in [3.63, 3.8) is 0 Å². The minimum absolute atomic E-state index is 0.171. The van der Waals surface area contributed by atoms with E-state index in [9.17, 15) is 0 Å². The molecule has 0 aromatic heterocycles. The molecule has 0 aliphatic heterocycles. The summed E-state index contributed by atoms with van der Waals surface area (Å²) in [6, 6.07) is 4.60. The number of alkyl halides is 1. The van der Waals surface area contributed by atoms with Crippen LogP contribution in [-0.4, -0.2) is 0 Å². The van der Waals surface area contributed by atoms with E-state index in [-0.39, 0.29) is 5.41 Å². The lowest BCUT2D eigenvalue weighted by Gasteiger charge is -2.25. The average molecular weight is 239 g/mol. The SMILES string of the molecule is Cc1cc(C(C)(C)C)c(CCl)cc1C(C)C. The molecule has 0 spiro atoms. The summed E-state index contributed by atoms with van der Waals surface area (Å²) in [5.41, 5.74) is 5.63. The highest BCUT2D eigenvalue weighted by Gasteiger charge is 2.19. The summed E-state index contributed by atoms with van der Waals surface area (Å²) >= 11 is 6.07. The predicted molar refractivity (Wildman–Crippen MR) is 73.5 cm³/mol. The van der Waals surface area contributed by atoms with Crippen molar-refractivity contribution < 1.29 is 0 Å². The van der Waals surface area contributed by atoms with Crippen molar-refractivity contribution >= 4 is 11.6 Å². The van der Waals surface area contributed by atoms with E-state index < -0.39 is 0 Å². The van der Waals surface area contributed by atoms with E-state index >= 15 is 0 Å². The van der Waals surface area contributed by atoms with Crippen molar-refractivity contribution in [3.05, 3.63) is 34.4 Å². The van der Waals surface area contributed by atoms with Crippen LogP contribution in [0.5, 0.6) is 0 Å². The fourth-order valence-electron chi connectivity index (χ4n) is 2.20. The van der Waals surface area contributed by atoms with Gasteiger partial charge in [-0.05, 0) is 40.5 Å². The van der Waals surface area contributed by atoms with E-state index in [0.717, 1.165) is 0 Å². The molecule has 0 aliphatic carbocycles. The molecule has 0 unspecified atom stereocenters. The molecule has 0 saturated carbocycles. The minimum Gasteiger partial charge on any atom is -0.122 e. The molecule has 16 heavy (non-hydrogen) atoms. The van der Waals surface area contributed by atoms with Crippen molar-refractivity contribution in [2.45, 2.75) is 58.8 Å². The standard InChI is InChI=1S/C15H23Cl/c1-10(2)13-8-12(9-16)14(7-11(13)3)15(4,5)6/h7-8,10H,9H2,1-6H3. The van der Waals surface area contributed by atoms with Crippen LogP contribution in [0.3, 0.4) is 0 Å². The number of rotatable bonds is 2. The van der Waals surface area contributed by atoms with Crippen LogP contribution in [0.15, 0.2) is 12.1 Å². The first kappa shape index (κ1) is 13.6. The van der Waals surface area contributed by atoms with Gasteiger partial charge in [-0.25, -0.2) is 0 Å². The molecule has 90 valence electrons. The normalized spacial score (nSPS) is 12.2. The van der Waals surface area contributed by atoms with Crippen LogP contribution in [0.4, 0.5) is 0 Å². The number of benzene rings is 1. The van der Waals surface area contributed by atoms with E-state index in [1.54, 1.807) is 0 Å². The van der Waals surface area contributed by atoms with Gasteiger partial charge < -0.3 is 0 Å². The third-order valence-corrected chi connectivity index (χ3v) is 3.35. The summed E-state index contributed by atoms with van der Waals surface area (Å²) in [6.45, 7) is 13.4. The lowest BCUT2D eigenvalue weighted by atomic mass is 9.81. The van der Waals surface area contributed by atoms with Gasteiger partial charge in [0.1, 0.15) is 0 Å². The molecule has 1 aromatic rings. The molecule has 0 saturated heterocycles. The van der Waals surface area contributed by atoms with E-state index in [4.69, 9.17) is 11.6 Å². The van der Waals surface area contributed by atoms with Crippen LogP contribution in [0.1, 0.15) is 62.8 Å². The van der Waals surface area contributed by atoms with Crippen molar-refractivity contribution in [2.75, 3.05) is 0 Å². The highest BCUT2D eigenvalue weighted by molar-refractivity contribution is 6.17. The Hall–Kier alpha value is -0.490. The molecule has 0 bridgehead atoms. The van der Waals surface area contributed by atoms with Crippen molar-refractivity contribution in [3.8, 4) is 0 Å². The third-order valence-electron chi connectivity index (χ3n) is 3.07. The lowest BCUT2D eigenvalue weighted by Crippen LogP contribution is -2.15. The van der Waals surface area contributed by atoms with Gasteiger partial charge in [-0.1, -0.05) is 46.8 Å². The van der Waals surface area contributed by atoms with Gasteiger partial charge in [-0.15, -0.1) is 11.6 Å². The monoisotopic (exact) mass is 238 g/mol. The second-order valence-corrected chi connectivity index (χ2v) is 6.17. The first-order chi connectivity index (χ1) is 7.27. The van der Waals surface area contributed by atoms with Crippen LogP contribution in [0.25, 0.3) is 0 Å². The Kier molecular flexibility index (Phi) is 4.07. The maximum Gasteiger partial charge on any atom is 0.0477 e. The first-order valence-corrected chi connectivity index (χ1v) is 6.50. The molecule has 0 N–H and O–H groups in total. The lowest BCUT2D eigenvalue weighted by molar-refractivity contribution is 0.584. The molecular weight excluding hydrogens is 216 g/mol. The number of aryl methyl sites for hydroxylation is 1. The van der Waals surface area contributed by atoms with Gasteiger partial charge in [-0.3, -0.25) is 0 Å². The summed E-state index contributed by atoms with van der Waals surface area (Å²) < 4.78 is 0. The summed E-state index contributed by atoms with van der Waals surface area (Å²) in [4.78, 5) is 0. The smallest absolute Gasteiger partial charge is 0.0477 e. The maximum absolute atomic E-state index is 6.07. The van der Waals surface area contributed by atoms with Gasteiger partial charge in [0.05, 0.1) is 0 Å². The van der Waals surface area contributed by atoms with Gasteiger partial charge in [0.2, 0.25) is 0 Å². The van der Waals surface area contributed by atoms with Crippen molar-refractivity contribution in [1.82, 2.24) is 0 Å². The van der Waals surface area contributed by atoms with Crippen LogP contribution >= 0.6 is 11.6 Å². The highest BCUT2D eigenvalue weighted by atomic mass is 35.5. The number of halogens is 1. The Morgan fingerprint density at radius 1 is 1.19 bits per heavy atom. The van der Waals surface area contributed by atoms with E-state index in [1.807, 2.05) is 0 Å².